The van der Waals surface area contributed by atoms with Gasteiger partial charge < -0.3 is 4.90 Å². The van der Waals surface area contributed by atoms with E-state index < -0.39 is 4.92 Å². The van der Waals surface area contributed by atoms with Crippen LogP contribution >= 0.6 is 15.9 Å². The number of carbonyl (C=O) groups is 1. The molecule has 0 aliphatic rings. The van der Waals surface area contributed by atoms with Gasteiger partial charge >= 0.3 is 0 Å². The van der Waals surface area contributed by atoms with Crippen molar-refractivity contribution in [2.24, 2.45) is 0 Å². The molecule has 0 bridgehead atoms. The summed E-state index contributed by atoms with van der Waals surface area (Å²) >= 11 is 3.10. The molecule has 0 unspecified atom stereocenters. The van der Waals surface area contributed by atoms with Gasteiger partial charge in [-0.05, 0) is 33.6 Å². The topological polar surface area (TPSA) is 63.5 Å². The third-order valence-corrected chi connectivity index (χ3v) is 3.67. The summed E-state index contributed by atoms with van der Waals surface area (Å²) in [5.41, 5.74) is 1.18. The van der Waals surface area contributed by atoms with E-state index in [2.05, 4.69) is 15.9 Å². The van der Waals surface area contributed by atoms with Crippen molar-refractivity contribution in [1.82, 2.24) is 4.90 Å². The second kappa shape index (κ2) is 6.49. The van der Waals surface area contributed by atoms with Crippen molar-refractivity contribution in [3.05, 3.63) is 74.2 Å². The molecule has 0 saturated carbocycles. The highest BCUT2D eigenvalue weighted by molar-refractivity contribution is 9.10. The number of hydrogen-bond donors (Lipinski definition) is 0. The zero-order chi connectivity index (χ0) is 15.4. The molecule has 0 radical (unpaired) electrons. The summed E-state index contributed by atoms with van der Waals surface area (Å²) in [6.45, 7) is 0.448. The lowest BCUT2D eigenvalue weighted by molar-refractivity contribution is -0.385. The van der Waals surface area contributed by atoms with Gasteiger partial charge in [-0.25, -0.2) is 0 Å². The van der Waals surface area contributed by atoms with Crippen molar-refractivity contribution in [1.29, 1.82) is 0 Å². The van der Waals surface area contributed by atoms with Crippen LogP contribution in [-0.2, 0) is 6.54 Å². The molecule has 0 saturated heterocycles. The van der Waals surface area contributed by atoms with Crippen LogP contribution in [0.2, 0.25) is 0 Å². The maximum atomic E-state index is 12.3. The summed E-state index contributed by atoms with van der Waals surface area (Å²) < 4.78 is 0.356. The molecule has 5 nitrogen and oxygen atoms in total. The lowest BCUT2D eigenvalue weighted by atomic mass is 10.1. The zero-order valence-electron chi connectivity index (χ0n) is 11.3. The largest absolute Gasteiger partial charge is 0.337 e. The highest BCUT2D eigenvalue weighted by Gasteiger charge is 2.18. The van der Waals surface area contributed by atoms with Crippen LogP contribution in [0.4, 0.5) is 5.69 Å². The summed E-state index contributed by atoms with van der Waals surface area (Å²) in [6.07, 6.45) is 0. The molecule has 2 rings (SSSR count). The van der Waals surface area contributed by atoms with Crippen LogP contribution in [0.3, 0.4) is 0 Å². The normalized spacial score (nSPS) is 10.2. The number of halogens is 1. The Labute approximate surface area is 130 Å². The van der Waals surface area contributed by atoms with E-state index in [1.807, 2.05) is 30.3 Å². The van der Waals surface area contributed by atoms with Crippen molar-refractivity contribution < 1.29 is 9.72 Å². The summed E-state index contributed by atoms with van der Waals surface area (Å²) in [7, 11) is 1.67. The first-order chi connectivity index (χ1) is 9.99. The second-order valence-corrected chi connectivity index (χ2v) is 5.42. The van der Waals surface area contributed by atoms with E-state index in [4.69, 9.17) is 0 Å². The van der Waals surface area contributed by atoms with E-state index in [0.29, 0.717) is 16.6 Å². The lowest BCUT2D eigenvalue weighted by Gasteiger charge is -2.17. The molecule has 0 atom stereocenters. The van der Waals surface area contributed by atoms with Gasteiger partial charge in [0, 0.05) is 25.2 Å². The maximum absolute atomic E-state index is 12.3. The number of nitro groups is 1. The molecule has 21 heavy (non-hydrogen) atoms. The van der Waals surface area contributed by atoms with E-state index in [1.54, 1.807) is 13.1 Å². The third-order valence-electron chi connectivity index (χ3n) is 3.00. The van der Waals surface area contributed by atoms with E-state index in [-0.39, 0.29) is 11.6 Å². The third kappa shape index (κ3) is 3.66. The minimum Gasteiger partial charge on any atom is -0.337 e. The van der Waals surface area contributed by atoms with Crippen molar-refractivity contribution >= 4 is 27.5 Å². The molecule has 0 N–H and O–H groups in total. The molecule has 0 aliphatic heterocycles. The van der Waals surface area contributed by atoms with Crippen LogP contribution < -0.4 is 0 Å². The average molecular weight is 349 g/mol. The van der Waals surface area contributed by atoms with Gasteiger partial charge in [-0.3, -0.25) is 14.9 Å². The quantitative estimate of drug-likeness (QED) is 0.625. The van der Waals surface area contributed by atoms with Crippen molar-refractivity contribution in [3.63, 3.8) is 0 Å². The number of carbonyl (C=O) groups excluding carboxylic acids is 1. The van der Waals surface area contributed by atoms with Gasteiger partial charge in [-0.15, -0.1) is 0 Å². The highest BCUT2D eigenvalue weighted by Crippen LogP contribution is 2.26. The van der Waals surface area contributed by atoms with Gasteiger partial charge in [0.05, 0.1) is 9.40 Å². The van der Waals surface area contributed by atoms with Crippen LogP contribution in [0, 0.1) is 10.1 Å². The number of nitrogens with zero attached hydrogens (tertiary/aromatic N) is 2. The Bertz CT molecular complexity index is 674. The van der Waals surface area contributed by atoms with Crippen molar-refractivity contribution in [2.45, 2.75) is 6.54 Å². The average Bonchev–Trinajstić information content (AvgIpc) is 2.47. The van der Waals surface area contributed by atoms with Gasteiger partial charge in [0.25, 0.3) is 11.6 Å². The van der Waals surface area contributed by atoms with Crippen LogP contribution in [0.25, 0.3) is 0 Å². The molecule has 0 aromatic heterocycles. The Hall–Kier alpha value is -2.21. The number of benzene rings is 2. The molecule has 108 valence electrons. The van der Waals surface area contributed by atoms with Crippen LogP contribution in [0.5, 0.6) is 0 Å². The fourth-order valence-electron chi connectivity index (χ4n) is 1.94. The number of rotatable bonds is 4. The van der Waals surface area contributed by atoms with Gasteiger partial charge in [-0.1, -0.05) is 30.3 Å². The second-order valence-electron chi connectivity index (χ2n) is 4.57. The fraction of sp³-hybridized carbons (Fsp3) is 0.133. The molecule has 2 aromatic carbocycles. The predicted molar refractivity (Wildman–Crippen MR) is 83.0 cm³/mol. The van der Waals surface area contributed by atoms with Crippen molar-refractivity contribution in [2.75, 3.05) is 7.05 Å². The Kier molecular flexibility index (Phi) is 4.70. The van der Waals surface area contributed by atoms with Gasteiger partial charge in [0.1, 0.15) is 0 Å². The van der Waals surface area contributed by atoms with E-state index in [1.165, 1.54) is 17.0 Å². The Morgan fingerprint density at radius 2 is 1.90 bits per heavy atom. The Morgan fingerprint density at radius 3 is 2.52 bits per heavy atom. The minimum atomic E-state index is -0.516. The zero-order valence-corrected chi connectivity index (χ0v) is 12.9. The molecule has 0 aliphatic carbocycles. The first kappa shape index (κ1) is 15.2. The summed E-state index contributed by atoms with van der Waals surface area (Å²) in [5, 5.41) is 10.9. The first-order valence-corrected chi connectivity index (χ1v) is 7.01. The van der Waals surface area contributed by atoms with E-state index in [9.17, 15) is 14.9 Å². The van der Waals surface area contributed by atoms with Gasteiger partial charge in [0.2, 0.25) is 0 Å². The smallest absolute Gasteiger partial charge is 0.284 e. The Morgan fingerprint density at radius 1 is 1.24 bits per heavy atom. The molecule has 2 aromatic rings. The van der Waals surface area contributed by atoms with Gasteiger partial charge in [0.15, 0.2) is 0 Å². The summed E-state index contributed by atoms with van der Waals surface area (Å²) in [5.74, 6) is -0.255. The fourth-order valence-corrected chi connectivity index (χ4v) is 2.33. The number of amides is 1. The molecular weight excluding hydrogens is 336 g/mol. The standard InChI is InChI=1S/C15H13BrN2O3/c1-17(10-11-5-3-2-4-6-11)15(19)12-7-8-13(16)14(9-12)18(20)21/h2-9H,10H2,1H3. The highest BCUT2D eigenvalue weighted by atomic mass is 79.9. The first-order valence-electron chi connectivity index (χ1n) is 6.22. The number of nitro benzene ring substituents is 1. The minimum absolute atomic E-state index is 0.117. The number of hydrogen-bond acceptors (Lipinski definition) is 3. The van der Waals surface area contributed by atoms with Crippen LogP contribution in [0.15, 0.2) is 53.0 Å². The van der Waals surface area contributed by atoms with Crippen LogP contribution in [-0.4, -0.2) is 22.8 Å². The Balaban J connectivity index is 2.20. The maximum Gasteiger partial charge on any atom is 0.284 e. The summed E-state index contributed by atoms with van der Waals surface area (Å²) in [4.78, 5) is 24.2. The molecule has 0 fully saturated rings. The van der Waals surface area contributed by atoms with Crippen LogP contribution in [0.1, 0.15) is 15.9 Å². The monoisotopic (exact) mass is 348 g/mol. The summed E-state index contributed by atoms with van der Waals surface area (Å²) in [6, 6.07) is 13.9. The molecule has 0 heterocycles. The van der Waals surface area contributed by atoms with Gasteiger partial charge in [-0.2, -0.15) is 0 Å². The molecule has 6 heteroatoms. The van der Waals surface area contributed by atoms with E-state index >= 15 is 0 Å². The van der Waals surface area contributed by atoms with E-state index in [0.717, 1.165) is 5.56 Å². The molecular formula is C15H13BrN2O3. The van der Waals surface area contributed by atoms with Crippen molar-refractivity contribution in [3.8, 4) is 0 Å². The molecule has 1 amide bonds. The lowest BCUT2D eigenvalue weighted by Crippen LogP contribution is -2.26. The SMILES string of the molecule is CN(Cc1ccccc1)C(=O)c1ccc(Br)c([N+](=O)[O-])c1. The predicted octanol–water partition coefficient (Wildman–Crippen LogP) is 3.63. The molecule has 0 spiro atoms.